The molecule has 1 atom stereocenters. The second kappa shape index (κ2) is 11.3. The van der Waals surface area contributed by atoms with E-state index >= 15 is 0 Å². The minimum Gasteiger partial charge on any atom is -0.480 e. The standard InChI is InChI=1S/C19H23N5O5/c25-17(26)11-22-19(29)23-16(18(27)28)7-10-24(12-14-5-1-3-8-20-14)13-15-6-2-4-9-21-15/h1-6,8-9,16H,7,10-13H2,(H,25,26)(H,27,28)(H2,22,23,29). The first-order valence-corrected chi connectivity index (χ1v) is 8.95. The van der Waals surface area contributed by atoms with Crippen LogP contribution in [0.25, 0.3) is 0 Å². The molecule has 0 aliphatic heterocycles. The number of nitrogens with one attached hydrogen (secondary N) is 2. The van der Waals surface area contributed by atoms with Crippen LogP contribution in [0.3, 0.4) is 0 Å². The molecule has 2 amide bonds. The lowest BCUT2D eigenvalue weighted by molar-refractivity contribution is -0.139. The fourth-order valence-electron chi connectivity index (χ4n) is 2.59. The summed E-state index contributed by atoms with van der Waals surface area (Å²) in [6, 6.07) is 9.10. The molecule has 0 aliphatic rings. The predicted octanol–water partition coefficient (Wildman–Crippen LogP) is 0.706. The number of nitrogens with zero attached hydrogens (tertiary/aromatic N) is 3. The fraction of sp³-hybridized carbons (Fsp3) is 0.316. The molecular weight excluding hydrogens is 378 g/mol. The molecule has 0 saturated heterocycles. The second-order valence-electron chi connectivity index (χ2n) is 6.25. The van der Waals surface area contributed by atoms with E-state index in [4.69, 9.17) is 5.11 Å². The van der Waals surface area contributed by atoms with E-state index < -0.39 is 30.6 Å². The number of pyridine rings is 2. The molecule has 0 aromatic carbocycles. The number of carboxylic acids is 2. The molecule has 2 aromatic rings. The van der Waals surface area contributed by atoms with Gasteiger partial charge in [-0.05, 0) is 30.7 Å². The zero-order valence-electron chi connectivity index (χ0n) is 15.7. The van der Waals surface area contributed by atoms with E-state index in [1.807, 2.05) is 41.3 Å². The molecule has 10 nitrogen and oxygen atoms in total. The third-order valence-corrected chi connectivity index (χ3v) is 3.96. The van der Waals surface area contributed by atoms with Crippen molar-refractivity contribution in [3.05, 3.63) is 60.2 Å². The molecule has 0 spiro atoms. The quantitative estimate of drug-likeness (QED) is 0.431. The highest BCUT2D eigenvalue weighted by atomic mass is 16.4. The van der Waals surface area contributed by atoms with Crippen LogP contribution in [-0.4, -0.2) is 62.2 Å². The maximum atomic E-state index is 11.7. The third kappa shape index (κ3) is 8.35. The summed E-state index contributed by atoms with van der Waals surface area (Å²) >= 11 is 0. The minimum atomic E-state index is -1.22. The summed E-state index contributed by atoms with van der Waals surface area (Å²) in [5, 5.41) is 22.3. The van der Waals surface area contributed by atoms with Crippen LogP contribution in [-0.2, 0) is 22.7 Å². The lowest BCUT2D eigenvalue weighted by Crippen LogP contribution is -2.48. The third-order valence-electron chi connectivity index (χ3n) is 3.96. The molecule has 29 heavy (non-hydrogen) atoms. The predicted molar refractivity (Wildman–Crippen MR) is 103 cm³/mol. The Labute approximate surface area is 167 Å². The molecule has 2 aromatic heterocycles. The zero-order chi connectivity index (χ0) is 21.1. The van der Waals surface area contributed by atoms with Gasteiger partial charge in [0.25, 0.3) is 0 Å². The number of aromatic nitrogens is 2. The maximum absolute atomic E-state index is 11.7. The normalized spacial score (nSPS) is 11.6. The highest BCUT2D eigenvalue weighted by Gasteiger charge is 2.21. The lowest BCUT2D eigenvalue weighted by Gasteiger charge is -2.24. The zero-order valence-corrected chi connectivity index (χ0v) is 15.7. The molecule has 0 bridgehead atoms. The molecule has 0 fully saturated rings. The van der Waals surface area contributed by atoms with Crippen molar-refractivity contribution >= 4 is 18.0 Å². The Hall–Kier alpha value is -3.53. The fourth-order valence-corrected chi connectivity index (χ4v) is 2.59. The number of carboxylic acid groups (broad SMARTS) is 2. The van der Waals surface area contributed by atoms with E-state index in [1.54, 1.807) is 12.4 Å². The summed E-state index contributed by atoms with van der Waals surface area (Å²) in [6.07, 6.45) is 3.49. The van der Waals surface area contributed by atoms with Gasteiger partial charge in [-0.25, -0.2) is 9.59 Å². The molecule has 0 saturated carbocycles. The largest absolute Gasteiger partial charge is 0.480 e. The van der Waals surface area contributed by atoms with Gasteiger partial charge in [-0.2, -0.15) is 0 Å². The number of aliphatic carboxylic acids is 2. The Morgan fingerprint density at radius 1 is 0.966 bits per heavy atom. The summed E-state index contributed by atoms with van der Waals surface area (Å²) in [5.41, 5.74) is 1.64. The number of amides is 2. The number of carbonyl (C=O) groups excluding carboxylic acids is 1. The van der Waals surface area contributed by atoms with Crippen LogP contribution in [0.5, 0.6) is 0 Å². The van der Waals surface area contributed by atoms with Crippen molar-refractivity contribution in [1.29, 1.82) is 0 Å². The van der Waals surface area contributed by atoms with Gasteiger partial charge in [0.05, 0.1) is 11.4 Å². The van der Waals surface area contributed by atoms with Gasteiger partial charge in [-0.1, -0.05) is 12.1 Å². The molecule has 2 rings (SSSR count). The van der Waals surface area contributed by atoms with Crippen molar-refractivity contribution in [2.75, 3.05) is 13.1 Å². The SMILES string of the molecule is O=C(O)CNC(=O)NC(CCN(Cc1ccccn1)Cc1ccccn1)C(=O)O. The van der Waals surface area contributed by atoms with Crippen molar-refractivity contribution in [1.82, 2.24) is 25.5 Å². The summed E-state index contributed by atoms with van der Waals surface area (Å²) in [5.74, 6) is -2.42. The summed E-state index contributed by atoms with van der Waals surface area (Å²) in [6.45, 7) is 0.719. The smallest absolute Gasteiger partial charge is 0.326 e. The Morgan fingerprint density at radius 2 is 1.55 bits per heavy atom. The maximum Gasteiger partial charge on any atom is 0.326 e. The highest BCUT2D eigenvalue weighted by molar-refractivity contribution is 5.84. The second-order valence-corrected chi connectivity index (χ2v) is 6.25. The number of rotatable bonds is 11. The molecule has 1 unspecified atom stereocenters. The first-order chi connectivity index (χ1) is 13.9. The van der Waals surface area contributed by atoms with Gasteiger partial charge in [0.15, 0.2) is 0 Å². The first kappa shape index (κ1) is 21.8. The molecule has 154 valence electrons. The summed E-state index contributed by atoms with van der Waals surface area (Å²) < 4.78 is 0. The van der Waals surface area contributed by atoms with Crippen LogP contribution >= 0.6 is 0 Å². The van der Waals surface area contributed by atoms with Crippen LogP contribution in [0.15, 0.2) is 48.8 Å². The van der Waals surface area contributed by atoms with Crippen molar-refractivity contribution in [3.63, 3.8) is 0 Å². The molecule has 2 heterocycles. The van der Waals surface area contributed by atoms with Crippen LogP contribution in [0.4, 0.5) is 4.79 Å². The van der Waals surface area contributed by atoms with Crippen LogP contribution < -0.4 is 10.6 Å². The van der Waals surface area contributed by atoms with Gasteiger partial charge in [0.2, 0.25) is 0 Å². The van der Waals surface area contributed by atoms with E-state index in [0.717, 1.165) is 11.4 Å². The molecule has 10 heteroatoms. The van der Waals surface area contributed by atoms with Gasteiger partial charge in [-0.15, -0.1) is 0 Å². The van der Waals surface area contributed by atoms with Crippen LogP contribution in [0, 0.1) is 0 Å². The van der Waals surface area contributed by atoms with Gasteiger partial charge in [-0.3, -0.25) is 19.7 Å². The average molecular weight is 401 g/mol. The highest BCUT2D eigenvalue weighted by Crippen LogP contribution is 2.09. The first-order valence-electron chi connectivity index (χ1n) is 8.95. The monoisotopic (exact) mass is 401 g/mol. The Bertz CT molecular complexity index is 762. The number of carbonyl (C=O) groups is 3. The van der Waals surface area contributed by atoms with E-state index in [1.165, 1.54) is 0 Å². The lowest BCUT2D eigenvalue weighted by atomic mass is 10.2. The minimum absolute atomic E-state index is 0.121. The van der Waals surface area contributed by atoms with E-state index in [9.17, 15) is 19.5 Å². The van der Waals surface area contributed by atoms with Crippen molar-refractivity contribution in [3.8, 4) is 0 Å². The van der Waals surface area contributed by atoms with E-state index in [2.05, 4.69) is 20.6 Å². The van der Waals surface area contributed by atoms with Gasteiger partial charge >= 0.3 is 18.0 Å². The average Bonchev–Trinajstić information content (AvgIpc) is 2.70. The Morgan fingerprint density at radius 3 is 2.00 bits per heavy atom. The van der Waals surface area contributed by atoms with Gasteiger partial charge in [0.1, 0.15) is 12.6 Å². The van der Waals surface area contributed by atoms with Gasteiger partial charge < -0.3 is 20.8 Å². The molecule has 4 N–H and O–H groups in total. The summed E-state index contributed by atoms with van der Waals surface area (Å²) in [4.78, 5) is 44.3. The molecular formula is C19H23N5O5. The van der Waals surface area contributed by atoms with Crippen molar-refractivity contribution in [2.24, 2.45) is 0 Å². The van der Waals surface area contributed by atoms with E-state index in [0.29, 0.717) is 19.6 Å². The van der Waals surface area contributed by atoms with Crippen molar-refractivity contribution in [2.45, 2.75) is 25.6 Å². The van der Waals surface area contributed by atoms with Crippen LogP contribution in [0.1, 0.15) is 17.8 Å². The Balaban J connectivity index is 2.00. The summed E-state index contributed by atoms with van der Waals surface area (Å²) in [7, 11) is 0. The van der Waals surface area contributed by atoms with E-state index in [-0.39, 0.29) is 6.42 Å². The van der Waals surface area contributed by atoms with Gasteiger partial charge in [0, 0.05) is 32.0 Å². The van der Waals surface area contributed by atoms with Crippen molar-refractivity contribution < 1.29 is 24.6 Å². The molecule has 0 radical (unpaired) electrons. The number of urea groups is 1. The van der Waals surface area contributed by atoms with Crippen LogP contribution in [0.2, 0.25) is 0 Å². The topological polar surface area (TPSA) is 145 Å². The Kier molecular flexibility index (Phi) is 8.51. The molecule has 0 aliphatic carbocycles. The number of hydrogen-bond donors (Lipinski definition) is 4. The number of hydrogen-bond acceptors (Lipinski definition) is 6.